The summed E-state index contributed by atoms with van der Waals surface area (Å²) < 4.78 is 52.0. The van der Waals surface area contributed by atoms with Crippen LogP contribution in [-0.4, -0.2) is 38.9 Å². The molecule has 0 aliphatic carbocycles. The number of rotatable bonds is 5. The summed E-state index contributed by atoms with van der Waals surface area (Å²) in [5, 5.41) is 0. The van der Waals surface area contributed by atoms with Crippen LogP contribution in [0.4, 0.5) is 8.78 Å². The zero-order valence-electron chi connectivity index (χ0n) is 12.0. The van der Waals surface area contributed by atoms with E-state index >= 15 is 0 Å². The third-order valence-corrected chi connectivity index (χ3v) is 5.00. The van der Waals surface area contributed by atoms with Crippen molar-refractivity contribution in [2.24, 2.45) is 0 Å². The van der Waals surface area contributed by atoms with Gasteiger partial charge in [-0.15, -0.1) is 0 Å². The number of likely N-dealkylation sites (tertiary alicyclic amines) is 1. The minimum atomic E-state index is -3.95. The second kappa shape index (κ2) is 7.15. The molecule has 1 aliphatic rings. The normalized spacial score (nSPS) is 15.8. The highest BCUT2D eigenvalue weighted by Crippen LogP contribution is 2.14. The molecule has 1 aromatic rings. The summed E-state index contributed by atoms with van der Waals surface area (Å²) in [6.07, 6.45) is 3.08. The van der Waals surface area contributed by atoms with Crippen LogP contribution in [0.5, 0.6) is 0 Å². The molecular formula is C14H18F2N2O3S. The number of halogens is 2. The minimum absolute atomic E-state index is 0.0446. The summed E-state index contributed by atoms with van der Waals surface area (Å²) in [6, 6.07) is 2.35. The number of carbonyl (C=O) groups is 1. The smallest absolute Gasteiger partial charge is 0.240 e. The van der Waals surface area contributed by atoms with E-state index in [-0.39, 0.29) is 23.8 Å². The van der Waals surface area contributed by atoms with E-state index in [9.17, 15) is 22.0 Å². The van der Waals surface area contributed by atoms with E-state index in [1.807, 2.05) is 0 Å². The van der Waals surface area contributed by atoms with Crippen molar-refractivity contribution in [2.45, 2.75) is 30.6 Å². The van der Waals surface area contributed by atoms with Gasteiger partial charge in [0.15, 0.2) is 11.6 Å². The number of sulfonamides is 1. The van der Waals surface area contributed by atoms with E-state index in [4.69, 9.17) is 0 Å². The lowest BCUT2D eigenvalue weighted by Crippen LogP contribution is -2.37. The molecule has 0 spiro atoms. The Hall–Kier alpha value is -1.54. The van der Waals surface area contributed by atoms with Crippen molar-refractivity contribution in [3.05, 3.63) is 29.8 Å². The summed E-state index contributed by atoms with van der Waals surface area (Å²) in [7, 11) is -3.95. The van der Waals surface area contributed by atoms with Gasteiger partial charge in [-0.2, -0.15) is 0 Å². The zero-order chi connectivity index (χ0) is 16.2. The molecule has 1 amide bonds. The number of carbonyl (C=O) groups excluding carboxylic acids is 1. The number of benzene rings is 1. The van der Waals surface area contributed by atoms with Crippen LogP contribution in [0.3, 0.4) is 0 Å². The number of hydrogen-bond acceptors (Lipinski definition) is 3. The summed E-state index contributed by atoms with van der Waals surface area (Å²) in [5.74, 6) is -2.45. The Morgan fingerprint density at radius 1 is 1.14 bits per heavy atom. The standard InChI is InChI=1S/C14H18F2N2O3S/c15-12-5-4-11(10-13(12)16)22(20,21)17-7-6-14(19)18-8-2-1-3-9-18/h4-5,10,17H,1-3,6-9H2. The van der Waals surface area contributed by atoms with Gasteiger partial charge in [0, 0.05) is 26.1 Å². The van der Waals surface area contributed by atoms with E-state index in [2.05, 4.69) is 4.72 Å². The number of piperidine rings is 1. The van der Waals surface area contributed by atoms with Crippen molar-refractivity contribution < 1.29 is 22.0 Å². The first kappa shape index (κ1) is 16.8. The summed E-state index contributed by atoms with van der Waals surface area (Å²) >= 11 is 0. The van der Waals surface area contributed by atoms with E-state index in [0.29, 0.717) is 19.2 Å². The van der Waals surface area contributed by atoms with E-state index in [1.165, 1.54) is 0 Å². The van der Waals surface area contributed by atoms with Crippen LogP contribution in [0.15, 0.2) is 23.1 Å². The Morgan fingerprint density at radius 3 is 2.45 bits per heavy atom. The Balaban J connectivity index is 1.89. The fourth-order valence-electron chi connectivity index (χ4n) is 2.32. The van der Waals surface area contributed by atoms with Gasteiger partial charge in [0.25, 0.3) is 0 Å². The molecule has 1 saturated heterocycles. The van der Waals surface area contributed by atoms with E-state index < -0.39 is 21.7 Å². The molecule has 0 unspecified atom stereocenters. The van der Waals surface area contributed by atoms with E-state index in [0.717, 1.165) is 31.4 Å². The number of nitrogens with one attached hydrogen (secondary N) is 1. The van der Waals surface area contributed by atoms with Crippen LogP contribution in [-0.2, 0) is 14.8 Å². The van der Waals surface area contributed by atoms with Crippen LogP contribution >= 0.6 is 0 Å². The molecule has 0 atom stereocenters. The third kappa shape index (κ3) is 4.23. The number of hydrogen-bond donors (Lipinski definition) is 1. The second-order valence-electron chi connectivity index (χ2n) is 5.17. The van der Waals surface area contributed by atoms with Gasteiger partial charge in [-0.05, 0) is 37.5 Å². The average Bonchev–Trinajstić information content (AvgIpc) is 2.50. The van der Waals surface area contributed by atoms with Crippen molar-refractivity contribution in [2.75, 3.05) is 19.6 Å². The molecule has 5 nitrogen and oxygen atoms in total. The quantitative estimate of drug-likeness (QED) is 0.891. The minimum Gasteiger partial charge on any atom is -0.343 e. The number of nitrogens with zero attached hydrogens (tertiary/aromatic N) is 1. The molecule has 1 aromatic carbocycles. The molecule has 1 aliphatic heterocycles. The molecule has 22 heavy (non-hydrogen) atoms. The van der Waals surface area contributed by atoms with Crippen molar-refractivity contribution >= 4 is 15.9 Å². The second-order valence-corrected chi connectivity index (χ2v) is 6.93. The van der Waals surface area contributed by atoms with Crippen LogP contribution < -0.4 is 4.72 Å². The average molecular weight is 332 g/mol. The number of amides is 1. The summed E-state index contributed by atoms with van der Waals surface area (Å²) in [4.78, 5) is 13.3. The van der Waals surface area contributed by atoms with Gasteiger partial charge in [0.1, 0.15) is 0 Å². The largest absolute Gasteiger partial charge is 0.343 e. The topological polar surface area (TPSA) is 66.5 Å². The molecule has 1 fully saturated rings. The SMILES string of the molecule is O=C(CCNS(=O)(=O)c1ccc(F)c(F)c1)N1CCCCC1. The molecule has 0 radical (unpaired) electrons. The van der Waals surface area contributed by atoms with Gasteiger partial charge < -0.3 is 4.90 Å². The summed E-state index contributed by atoms with van der Waals surface area (Å²) in [6.45, 7) is 1.33. The highest BCUT2D eigenvalue weighted by molar-refractivity contribution is 7.89. The molecule has 1 N–H and O–H groups in total. The molecule has 1 heterocycles. The van der Waals surface area contributed by atoms with Gasteiger partial charge in [-0.1, -0.05) is 0 Å². The highest BCUT2D eigenvalue weighted by atomic mass is 32.2. The van der Waals surface area contributed by atoms with Crippen LogP contribution in [0.2, 0.25) is 0 Å². The van der Waals surface area contributed by atoms with Gasteiger partial charge in [0.2, 0.25) is 15.9 Å². The molecule has 0 bridgehead atoms. The maximum atomic E-state index is 13.1. The monoisotopic (exact) mass is 332 g/mol. The molecule has 2 rings (SSSR count). The molecule has 8 heteroatoms. The maximum absolute atomic E-state index is 13.1. The predicted octanol–water partition coefficient (Wildman–Crippen LogP) is 1.65. The van der Waals surface area contributed by atoms with Crippen molar-refractivity contribution in [1.82, 2.24) is 9.62 Å². The molecule has 122 valence electrons. The first-order valence-corrected chi connectivity index (χ1v) is 8.61. The first-order chi connectivity index (χ1) is 10.4. The Bertz CT molecular complexity index is 643. The van der Waals surface area contributed by atoms with Crippen LogP contribution in [0.1, 0.15) is 25.7 Å². The molecular weight excluding hydrogens is 314 g/mol. The molecule has 0 saturated carbocycles. The third-order valence-electron chi connectivity index (χ3n) is 3.54. The fourth-order valence-corrected chi connectivity index (χ4v) is 3.36. The lowest BCUT2D eigenvalue weighted by atomic mass is 10.1. The highest BCUT2D eigenvalue weighted by Gasteiger charge is 2.19. The zero-order valence-corrected chi connectivity index (χ0v) is 12.8. The van der Waals surface area contributed by atoms with Gasteiger partial charge in [0.05, 0.1) is 4.90 Å². The van der Waals surface area contributed by atoms with Gasteiger partial charge in [-0.3, -0.25) is 4.79 Å². The lowest BCUT2D eigenvalue weighted by molar-refractivity contribution is -0.131. The van der Waals surface area contributed by atoms with Crippen LogP contribution in [0.25, 0.3) is 0 Å². The van der Waals surface area contributed by atoms with Gasteiger partial charge in [-0.25, -0.2) is 21.9 Å². The summed E-state index contributed by atoms with van der Waals surface area (Å²) in [5.41, 5.74) is 0. The Kier molecular flexibility index (Phi) is 5.47. The Labute approximate surface area is 128 Å². The Morgan fingerprint density at radius 2 is 1.82 bits per heavy atom. The van der Waals surface area contributed by atoms with Crippen molar-refractivity contribution in [1.29, 1.82) is 0 Å². The van der Waals surface area contributed by atoms with Crippen molar-refractivity contribution in [3.63, 3.8) is 0 Å². The predicted molar refractivity (Wildman–Crippen MR) is 76.6 cm³/mol. The molecule has 0 aromatic heterocycles. The fraction of sp³-hybridized carbons (Fsp3) is 0.500. The van der Waals surface area contributed by atoms with Crippen molar-refractivity contribution in [3.8, 4) is 0 Å². The van der Waals surface area contributed by atoms with Gasteiger partial charge >= 0.3 is 0 Å². The first-order valence-electron chi connectivity index (χ1n) is 7.12. The maximum Gasteiger partial charge on any atom is 0.240 e. The van der Waals surface area contributed by atoms with E-state index in [1.54, 1.807) is 4.90 Å². The van der Waals surface area contributed by atoms with Crippen LogP contribution in [0, 0.1) is 11.6 Å². The lowest BCUT2D eigenvalue weighted by Gasteiger charge is -2.26.